The maximum atomic E-state index is 14.1. The van der Waals surface area contributed by atoms with E-state index in [0.29, 0.717) is 5.69 Å². The number of para-hydroxylation sites is 1. The van der Waals surface area contributed by atoms with Crippen molar-refractivity contribution in [1.82, 2.24) is 0 Å². The van der Waals surface area contributed by atoms with Crippen LogP contribution in [0.1, 0.15) is 17.2 Å². The van der Waals surface area contributed by atoms with E-state index in [0.717, 1.165) is 5.56 Å². The number of esters is 1. The lowest BCUT2D eigenvalue weighted by molar-refractivity contribution is -0.141. The molecule has 0 radical (unpaired) electrons. The molecular weight excluding hydrogens is 293 g/mol. The van der Waals surface area contributed by atoms with Crippen molar-refractivity contribution in [3.8, 4) is 0 Å². The fraction of sp³-hybridized carbons (Fsp3) is 0.188. The van der Waals surface area contributed by atoms with E-state index in [1.807, 2.05) is 25.1 Å². The maximum absolute atomic E-state index is 14.1. The summed E-state index contributed by atoms with van der Waals surface area (Å²) in [5, 5.41) is 3.17. The third kappa shape index (κ3) is 3.34. The Kier molecular flexibility index (Phi) is 4.81. The Balaban J connectivity index is 2.45. The summed E-state index contributed by atoms with van der Waals surface area (Å²) in [5.41, 5.74) is 1.72. The van der Waals surface area contributed by atoms with Crippen molar-refractivity contribution in [1.29, 1.82) is 0 Å². The highest BCUT2D eigenvalue weighted by atomic mass is 35.5. The number of anilines is 1. The van der Waals surface area contributed by atoms with Crippen molar-refractivity contribution in [3.63, 3.8) is 0 Å². The second kappa shape index (κ2) is 6.59. The first kappa shape index (κ1) is 15.3. The van der Waals surface area contributed by atoms with Gasteiger partial charge in [0.05, 0.1) is 7.11 Å². The van der Waals surface area contributed by atoms with Gasteiger partial charge < -0.3 is 10.1 Å². The molecule has 0 spiro atoms. The van der Waals surface area contributed by atoms with Gasteiger partial charge in [0.25, 0.3) is 0 Å². The molecule has 1 N–H and O–H groups in total. The molecule has 0 heterocycles. The molecule has 0 fully saturated rings. The zero-order valence-electron chi connectivity index (χ0n) is 11.7. The average Bonchev–Trinajstić information content (AvgIpc) is 2.47. The summed E-state index contributed by atoms with van der Waals surface area (Å²) in [6.07, 6.45) is 0. The number of carbonyl (C=O) groups is 1. The van der Waals surface area contributed by atoms with Gasteiger partial charge in [-0.3, -0.25) is 0 Å². The van der Waals surface area contributed by atoms with Crippen molar-refractivity contribution in [2.75, 3.05) is 12.4 Å². The number of ether oxygens (including phenoxy) is 1. The van der Waals surface area contributed by atoms with Crippen molar-refractivity contribution >= 4 is 23.3 Å². The van der Waals surface area contributed by atoms with Crippen LogP contribution in [0.4, 0.5) is 10.1 Å². The van der Waals surface area contributed by atoms with Crippen LogP contribution >= 0.6 is 11.6 Å². The molecule has 0 aromatic heterocycles. The van der Waals surface area contributed by atoms with E-state index in [2.05, 4.69) is 5.32 Å². The molecule has 0 aliphatic carbocycles. The van der Waals surface area contributed by atoms with Gasteiger partial charge in [0.1, 0.15) is 5.82 Å². The second-order valence-corrected chi connectivity index (χ2v) is 4.96. The first-order valence-corrected chi connectivity index (χ1v) is 6.76. The van der Waals surface area contributed by atoms with E-state index in [1.165, 1.54) is 25.3 Å². The quantitative estimate of drug-likeness (QED) is 0.864. The molecule has 2 aromatic rings. The number of rotatable bonds is 4. The molecule has 0 aliphatic heterocycles. The Morgan fingerprint density at radius 2 is 1.95 bits per heavy atom. The van der Waals surface area contributed by atoms with Gasteiger partial charge in [-0.1, -0.05) is 35.9 Å². The summed E-state index contributed by atoms with van der Waals surface area (Å²) < 4.78 is 18.8. The van der Waals surface area contributed by atoms with Crippen molar-refractivity contribution in [2.45, 2.75) is 13.0 Å². The molecule has 1 unspecified atom stereocenters. The standard InChI is InChI=1S/C16H15ClFNO2/c1-10-6-3-4-9-13(10)19-15(16(20)21-2)14-11(17)7-5-8-12(14)18/h3-9,15,19H,1-2H3. The van der Waals surface area contributed by atoms with Gasteiger partial charge in [-0.15, -0.1) is 0 Å². The summed E-state index contributed by atoms with van der Waals surface area (Å²) in [4.78, 5) is 12.0. The Morgan fingerprint density at radius 3 is 2.57 bits per heavy atom. The monoisotopic (exact) mass is 307 g/mol. The van der Waals surface area contributed by atoms with Gasteiger partial charge >= 0.3 is 5.97 Å². The van der Waals surface area contributed by atoms with Crippen LogP contribution in [0.5, 0.6) is 0 Å². The molecule has 0 saturated heterocycles. The summed E-state index contributed by atoms with van der Waals surface area (Å²) in [6, 6.07) is 10.7. The molecule has 0 bridgehead atoms. The van der Waals surface area contributed by atoms with Crippen LogP contribution < -0.4 is 5.32 Å². The Hall–Kier alpha value is -2.07. The molecule has 3 nitrogen and oxygen atoms in total. The van der Waals surface area contributed by atoms with Crippen LogP contribution in [0, 0.1) is 12.7 Å². The summed E-state index contributed by atoms with van der Waals surface area (Å²) in [5.74, 6) is -1.16. The lowest BCUT2D eigenvalue weighted by Crippen LogP contribution is -2.24. The number of carbonyl (C=O) groups excluding carboxylic acids is 1. The predicted octanol–water partition coefficient (Wildman–Crippen LogP) is 4.11. The van der Waals surface area contributed by atoms with E-state index in [-0.39, 0.29) is 10.6 Å². The van der Waals surface area contributed by atoms with Crippen LogP contribution in [0.15, 0.2) is 42.5 Å². The zero-order valence-corrected chi connectivity index (χ0v) is 12.4. The number of methoxy groups -OCH3 is 1. The minimum atomic E-state index is -1.01. The molecule has 5 heteroatoms. The molecular formula is C16H15ClFNO2. The second-order valence-electron chi connectivity index (χ2n) is 4.55. The molecule has 0 aliphatic rings. The minimum Gasteiger partial charge on any atom is -0.467 e. The van der Waals surface area contributed by atoms with Crippen LogP contribution in [-0.4, -0.2) is 13.1 Å². The number of hydrogen-bond acceptors (Lipinski definition) is 3. The first-order valence-electron chi connectivity index (χ1n) is 6.38. The van der Waals surface area contributed by atoms with E-state index in [9.17, 15) is 9.18 Å². The van der Waals surface area contributed by atoms with E-state index >= 15 is 0 Å². The molecule has 110 valence electrons. The minimum absolute atomic E-state index is 0.0780. The normalized spacial score (nSPS) is 11.8. The van der Waals surface area contributed by atoms with Crippen molar-refractivity contribution in [2.24, 2.45) is 0 Å². The highest BCUT2D eigenvalue weighted by Gasteiger charge is 2.27. The van der Waals surface area contributed by atoms with Gasteiger partial charge in [0, 0.05) is 16.3 Å². The van der Waals surface area contributed by atoms with Crippen molar-refractivity contribution < 1.29 is 13.9 Å². The Morgan fingerprint density at radius 1 is 1.24 bits per heavy atom. The lowest BCUT2D eigenvalue weighted by Gasteiger charge is -2.20. The van der Waals surface area contributed by atoms with Gasteiger partial charge in [0.2, 0.25) is 0 Å². The third-order valence-electron chi connectivity index (χ3n) is 3.17. The van der Waals surface area contributed by atoms with Crippen LogP contribution in [0.25, 0.3) is 0 Å². The van der Waals surface area contributed by atoms with Gasteiger partial charge in [-0.25, -0.2) is 9.18 Å². The Labute approximate surface area is 127 Å². The average molecular weight is 308 g/mol. The SMILES string of the molecule is COC(=O)C(Nc1ccccc1C)c1c(F)cccc1Cl. The number of benzene rings is 2. The topological polar surface area (TPSA) is 38.3 Å². The molecule has 2 aromatic carbocycles. The maximum Gasteiger partial charge on any atom is 0.333 e. The fourth-order valence-corrected chi connectivity index (χ4v) is 2.32. The predicted molar refractivity (Wildman–Crippen MR) is 81.0 cm³/mol. The van der Waals surface area contributed by atoms with Crippen LogP contribution in [0.2, 0.25) is 5.02 Å². The van der Waals surface area contributed by atoms with Gasteiger partial charge in [-0.05, 0) is 30.7 Å². The van der Waals surface area contributed by atoms with Crippen LogP contribution in [0.3, 0.4) is 0 Å². The van der Waals surface area contributed by atoms with E-state index in [4.69, 9.17) is 16.3 Å². The lowest BCUT2D eigenvalue weighted by atomic mass is 10.0. The number of nitrogens with one attached hydrogen (secondary N) is 1. The molecule has 2 rings (SSSR count). The zero-order chi connectivity index (χ0) is 15.4. The highest BCUT2D eigenvalue weighted by molar-refractivity contribution is 6.31. The smallest absolute Gasteiger partial charge is 0.333 e. The Bertz CT molecular complexity index is 640. The molecule has 21 heavy (non-hydrogen) atoms. The number of halogens is 2. The highest BCUT2D eigenvalue weighted by Crippen LogP contribution is 2.30. The fourth-order valence-electron chi connectivity index (χ4n) is 2.04. The van der Waals surface area contributed by atoms with Crippen LogP contribution in [-0.2, 0) is 9.53 Å². The summed E-state index contributed by atoms with van der Waals surface area (Å²) >= 11 is 6.04. The largest absolute Gasteiger partial charge is 0.467 e. The summed E-state index contributed by atoms with van der Waals surface area (Å²) in [6.45, 7) is 1.89. The third-order valence-corrected chi connectivity index (χ3v) is 3.50. The first-order chi connectivity index (χ1) is 10.0. The van der Waals surface area contributed by atoms with Gasteiger partial charge in [-0.2, -0.15) is 0 Å². The van der Waals surface area contributed by atoms with Crippen molar-refractivity contribution in [3.05, 3.63) is 64.4 Å². The number of aryl methyl sites for hydroxylation is 1. The van der Waals surface area contributed by atoms with E-state index in [1.54, 1.807) is 6.07 Å². The molecule has 0 saturated carbocycles. The molecule has 0 amide bonds. The summed E-state index contributed by atoms with van der Waals surface area (Å²) in [7, 11) is 1.25. The van der Waals surface area contributed by atoms with Gasteiger partial charge in [0.15, 0.2) is 6.04 Å². The van der Waals surface area contributed by atoms with E-state index < -0.39 is 17.8 Å². The molecule has 1 atom stereocenters. The number of hydrogen-bond donors (Lipinski definition) is 1.